The highest BCUT2D eigenvalue weighted by Crippen LogP contribution is 2.29. The molecule has 2 rings (SSSR count). The van der Waals surface area contributed by atoms with Crippen molar-refractivity contribution in [2.75, 3.05) is 26.7 Å². The van der Waals surface area contributed by atoms with E-state index in [9.17, 15) is 13.2 Å². The minimum atomic E-state index is -4.32. The fraction of sp³-hybridized carbons (Fsp3) is 0.588. The predicted molar refractivity (Wildman–Crippen MR) is 105 cm³/mol. The van der Waals surface area contributed by atoms with Gasteiger partial charge in [0.05, 0.1) is 12.1 Å². The molecule has 142 valence electrons. The van der Waals surface area contributed by atoms with Gasteiger partial charge in [0.25, 0.3) is 0 Å². The van der Waals surface area contributed by atoms with Gasteiger partial charge in [0.15, 0.2) is 5.96 Å². The first-order valence-corrected chi connectivity index (χ1v) is 8.28. The topological polar surface area (TPSA) is 39.7 Å². The zero-order chi connectivity index (χ0) is 17.6. The Balaban J connectivity index is 0.00000312. The van der Waals surface area contributed by atoms with Crippen molar-refractivity contribution in [1.82, 2.24) is 15.5 Å². The van der Waals surface area contributed by atoms with E-state index in [-0.39, 0.29) is 30.5 Å². The first-order chi connectivity index (χ1) is 11.4. The standard InChI is InChI=1S/C17H25F3N4.HI/c1-3-21-16(23-12-15-8-5-9-24(15)2)22-11-13-6-4-7-14(10-13)17(18,19)20;/h4,6-7,10,15H,3,5,8-9,11-12H2,1-2H3,(H2,21,22,23);1H. The molecule has 1 atom stereocenters. The molecule has 25 heavy (non-hydrogen) atoms. The van der Waals surface area contributed by atoms with Gasteiger partial charge in [0, 0.05) is 19.1 Å². The van der Waals surface area contributed by atoms with Crippen LogP contribution in [0.1, 0.15) is 30.9 Å². The lowest BCUT2D eigenvalue weighted by atomic mass is 10.1. The molecule has 1 aromatic rings. The second-order valence-electron chi connectivity index (χ2n) is 6.05. The number of guanidine groups is 1. The number of likely N-dealkylation sites (tertiary alicyclic amines) is 1. The molecule has 1 unspecified atom stereocenters. The molecule has 1 aliphatic rings. The summed E-state index contributed by atoms with van der Waals surface area (Å²) in [5, 5.41) is 6.42. The van der Waals surface area contributed by atoms with Crippen LogP contribution in [0.5, 0.6) is 0 Å². The number of aliphatic imine (C=N–C) groups is 1. The number of hydrogen-bond donors (Lipinski definition) is 2. The van der Waals surface area contributed by atoms with Crippen molar-refractivity contribution in [3.63, 3.8) is 0 Å². The molecule has 8 heteroatoms. The molecule has 1 aromatic carbocycles. The summed E-state index contributed by atoms with van der Waals surface area (Å²) in [6.07, 6.45) is -1.98. The van der Waals surface area contributed by atoms with Crippen molar-refractivity contribution in [1.29, 1.82) is 0 Å². The van der Waals surface area contributed by atoms with Gasteiger partial charge in [-0.15, -0.1) is 24.0 Å². The van der Waals surface area contributed by atoms with Crippen molar-refractivity contribution in [2.45, 2.75) is 38.5 Å². The fourth-order valence-electron chi connectivity index (χ4n) is 2.81. The normalized spacial score (nSPS) is 18.8. The van der Waals surface area contributed by atoms with Crippen LogP contribution in [0, 0.1) is 0 Å². The molecule has 1 aliphatic heterocycles. The van der Waals surface area contributed by atoms with Gasteiger partial charge in [-0.05, 0) is 51.1 Å². The molecule has 1 heterocycles. The third-order valence-electron chi connectivity index (χ3n) is 4.19. The fourth-order valence-corrected chi connectivity index (χ4v) is 2.81. The molecule has 0 spiro atoms. The van der Waals surface area contributed by atoms with E-state index in [1.807, 2.05) is 6.92 Å². The Morgan fingerprint density at radius 2 is 2.08 bits per heavy atom. The summed E-state index contributed by atoms with van der Waals surface area (Å²) in [6.45, 7) is 4.76. The van der Waals surface area contributed by atoms with Crippen molar-refractivity contribution < 1.29 is 13.2 Å². The van der Waals surface area contributed by atoms with E-state index in [2.05, 4.69) is 27.6 Å². The summed E-state index contributed by atoms with van der Waals surface area (Å²) in [6, 6.07) is 5.78. The molecule has 0 bridgehead atoms. The lowest BCUT2D eigenvalue weighted by molar-refractivity contribution is -0.137. The molecule has 0 saturated carbocycles. The third-order valence-corrected chi connectivity index (χ3v) is 4.19. The maximum absolute atomic E-state index is 12.8. The molecule has 0 amide bonds. The molecule has 4 nitrogen and oxygen atoms in total. The number of rotatable bonds is 5. The quantitative estimate of drug-likeness (QED) is 0.394. The van der Waals surface area contributed by atoms with Gasteiger partial charge in [-0.1, -0.05) is 12.1 Å². The highest BCUT2D eigenvalue weighted by molar-refractivity contribution is 14.0. The minimum Gasteiger partial charge on any atom is -0.357 e. The van der Waals surface area contributed by atoms with Gasteiger partial charge in [0.1, 0.15) is 0 Å². The number of nitrogens with one attached hydrogen (secondary N) is 2. The molecular weight excluding hydrogens is 444 g/mol. The minimum absolute atomic E-state index is 0. The van der Waals surface area contributed by atoms with Crippen LogP contribution < -0.4 is 10.6 Å². The number of halogens is 4. The first-order valence-electron chi connectivity index (χ1n) is 8.28. The summed E-state index contributed by atoms with van der Waals surface area (Å²) in [4.78, 5) is 6.71. The van der Waals surface area contributed by atoms with Crippen LogP contribution in [0.15, 0.2) is 29.3 Å². The first kappa shape index (κ1) is 22.0. The van der Waals surface area contributed by atoms with Crippen molar-refractivity contribution >= 4 is 29.9 Å². The van der Waals surface area contributed by atoms with Crippen LogP contribution in [0.25, 0.3) is 0 Å². The predicted octanol–water partition coefficient (Wildman–Crippen LogP) is 3.47. The lowest BCUT2D eigenvalue weighted by Crippen LogP contribution is -2.44. The Kier molecular flexibility index (Phi) is 8.98. The number of nitrogens with zero attached hydrogens (tertiary/aromatic N) is 2. The molecule has 1 fully saturated rings. The molecule has 0 aromatic heterocycles. The highest BCUT2D eigenvalue weighted by atomic mass is 127. The number of likely N-dealkylation sites (N-methyl/N-ethyl adjacent to an activating group) is 1. The summed E-state index contributed by atoms with van der Waals surface area (Å²) in [5.41, 5.74) is -0.0965. The second kappa shape index (κ2) is 10.2. The van der Waals surface area contributed by atoms with Crippen LogP contribution in [0.4, 0.5) is 13.2 Å². The molecule has 0 radical (unpaired) electrons. The molecule has 2 N–H and O–H groups in total. The number of hydrogen-bond acceptors (Lipinski definition) is 2. The molecule has 0 aliphatic carbocycles. The van der Waals surface area contributed by atoms with Crippen molar-refractivity contribution in [3.8, 4) is 0 Å². The van der Waals surface area contributed by atoms with Gasteiger partial charge in [-0.25, -0.2) is 4.99 Å². The highest BCUT2D eigenvalue weighted by Gasteiger charge is 2.30. The number of alkyl halides is 3. The van der Waals surface area contributed by atoms with E-state index >= 15 is 0 Å². The van der Waals surface area contributed by atoms with E-state index in [0.717, 1.165) is 31.6 Å². The van der Waals surface area contributed by atoms with E-state index in [0.29, 0.717) is 24.1 Å². The molecule has 1 saturated heterocycles. The summed E-state index contributed by atoms with van der Waals surface area (Å²) in [5.74, 6) is 0.634. The average molecular weight is 470 g/mol. The monoisotopic (exact) mass is 470 g/mol. The number of benzene rings is 1. The Morgan fingerprint density at radius 3 is 2.68 bits per heavy atom. The van der Waals surface area contributed by atoms with Crippen LogP contribution >= 0.6 is 24.0 Å². The second-order valence-corrected chi connectivity index (χ2v) is 6.05. The lowest BCUT2D eigenvalue weighted by Gasteiger charge is -2.21. The largest absolute Gasteiger partial charge is 0.416 e. The van der Waals surface area contributed by atoms with E-state index in [1.165, 1.54) is 12.5 Å². The summed E-state index contributed by atoms with van der Waals surface area (Å²) < 4.78 is 38.3. The molecular formula is C17H26F3IN4. The van der Waals surface area contributed by atoms with E-state index in [1.54, 1.807) is 6.07 Å². The Hall–Kier alpha value is -1.03. The SMILES string of the molecule is CCNC(=NCc1cccc(C(F)(F)F)c1)NCC1CCCN1C.I. The maximum atomic E-state index is 12.8. The van der Waals surface area contributed by atoms with Gasteiger partial charge in [-0.3, -0.25) is 0 Å². The van der Waals surface area contributed by atoms with Gasteiger partial charge in [0.2, 0.25) is 0 Å². The Morgan fingerprint density at radius 1 is 1.32 bits per heavy atom. The summed E-state index contributed by atoms with van der Waals surface area (Å²) in [7, 11) is 2.10. The summed E-state index contributed by atoms with van der Waals surface area (Å²) >= 11 is 0. The smallest absolute Gasteiger partial charge is 0.357 e. The Bertz CT molecular complexity index is 563. The zero-order valence-electron chi connectivity index (χ0n) is 14.6. The van der Waals surface area contributed by atoms with Crippen LogP contribution in [-0.4, -0.2) is 43.6 Å². The van der Waals surface area contributed by atoms with Crippen molar-refractivity contribution in [3.05, 3.63) is 35.4 Å². The average Bonchev–Trinajstić information content (AvgIpc) is 2.95. The van der Waals surface area contributed by atoms with Gasteiger partial charge < -0.3 is 15.5 Å². The van der Waals surface area contributed by atoms with Crippen LogP contribution in [-0.2, 0) is 12.7 Å². The van der Waals surface area contributed by atoms with Gasteiger partial charge >= 0.3 is 6.18 Å². The third kappa shape index (κ3) is 7.01. The van der Waals surface area contributed by atoms with Crippen molar-refractivity contribution in [2.24, 2.45) is 4.99 Å². The Labute approximate surface area is 164 Å². The van der Waals surface area contributed by atoms with Gasteiger partial charge in [-0.2, -0.15) is 13.2 Å². The maximum Gasteiger partial charge on any atom is 0.416 e. The van der Waals surface area contributed by atoms with E-state index < -0.39 is 11.7 Å². The van der Waals surface area contributed by atoms with E-state index in [4.69, 9.17) is 0 Å². The zero-order valence-corrected chi connectivity index (χ0v) is 16.9. The van der Waals surface area contributed by atoms with Crippen LogP contribution in [0.3, 0.4) is 0 Å². The van der Waals surface area contributed by atoms with Crippen LogP contribution in [0.2, 0.25) is 0 Å².